The van der Waals surface area contributed by atoms with Crippen molar-refractivity contribution in [3.8, 4) is 16.9 Å². The van der Waals surface area contributed by atoms with Crippen molar-refractivity contribution < 1.29 is 19.4 Å². The van der Waals surface area contributed by atoms with E-state index in [-0.39, 0.29) is 17.4 Å². The number of fused-ring (bicyclic) bond motifs is 1. The molecule has 7 nitrogen and oxygen atoms in total. The number of rotatable bonds is 6. The fraction of sp³-hybridized carbons (Fsp3) is 0.233. The highest BCUT2D eigenvalue weighted by Crippen LogP contribution is 2.30. The Hall–Kier alpha value is -4.39. The molecule has 37 heavy (non-hydrogen) atoms. The van der Waals surface area contributed by atoms with Gasteiger partial charge in [0, 0.05) is 36.2 Å². The lowest BCUT2D eigenvalue weighted by atomic mass is 9.96. The summed E-state index contributed by atoms with van der Waals surface area (Å²) in [5, 5.41) is 10.1. The lowest BCUT2D eigenvalue weighted by molar-refractivity contribution is -0.143. The molecule has 0 spiro atoms. The smallest absolute Gasteiger partial charge is 0.306 e. The maximum Gasteiger partial charge on any atom is 0.306 e. The molecule has 4 aromatic rings. The molecule has 3 aromatic carbocycles. The van der Waals surface area contributed by atoms with Gasteiger partial charge in [0.1, 0.15) is 5.75 Å². The van der Waals surface area contributed by atoms with E-state index in [9.17, 15) is 19.5 Å². The maximum atomic E-state index is 13.3. The predicted octanol–water partition coefficient (Wildman–Crippen LogP) is 4.66. The van der Waals surface area contributed by atoms with Crippen LogP contribution in [0.4, 0.5) is 0 Å². The highest BCUT2D eigenvalue weighted by molar-refractivity contribution is 5.96. The second kappa shape index (κ2) is 10.3. The Kier molecular flexibility index (Phi) is 6.77. The van der Waals surface area contributed by atoms with Gasteiger partial charge in [0.05, 0.1) is 25.1 Å². The van der Waals surface area contributed by atoms with Gasteiger partial charge in [-0.05, 0) is 53.8 Å². The van der Waals surface area contributed by atoms with Crippen LogP contribution >= 0.6 is 0 Å². The van der Waals surface area contributed by atoms with E-state index in [1.54, 1.807) is 34.8 Å². The number of benzene rings is 3. The van der Waals surface area contributed by atoms with Crippen molar-refractivity contribution in [3.63, 3.8) is 0 Å². The van der Waals surface area contributed by atoms with Gasteiger partial charge in [-0.1, -0.05) is 42.5 Å². The Morgan fingerprint density at radius 1 is 0.946 bits per heavy atom. The number of ether oxygens (including phenoxy) is 1. The number of carbonyl (C=O) groups is 2. The fourth-order valence-corrected chi connectivity index (χ4v) is 4.95. The summed E-state index contributed by atoms with van der Waals surface area (Å²) in [5.74, 6) is -0.617. The predicted molar refractivity (Wildman–Crippen MR) is 142 cm³/mol. The second-order valence-electron chi connectivity index (χ2n) is 9.33. The highest BCUT2D eigenvalue weighted by atomic mass is 16.5. The molecular weight excluding hydrogens is 468 g/mol. The molecule has 1 aliphatic rings. The first kappa shape index (κ1) is 24.3. The number of amides is 1. The van der Waals surface area contributed by atoms with Gasteiger partial charge in [-0.3, -0.25) is 14.4 Å². The summed E-state index contributed by atoms with van der Waals surface area (Å²) < 4.78 is 7.16. The first-order chi connectivity index (χ1) is 17.9. The van der Waals surface area contributed by atoms with Crippen LogP contribution in [0, 0.1) is 5.92 Å². The minimum Gasteiger partial charge on any atom is -0.497 e. The standard InChI is InChI=1S/C30H28N2O5/c1-37-24-11-12-25-26(21-5-3-2-4-6-21)18-28(33)32(27(25)17-24)19-20-7-9-22(10-8-20)29(34)31-15-13-23(14-16-31)30(35)36/h2-12,17-18,23H,13-16,19H2,1H3,(H,35,36). The molecule has 1 amide bonds. The van der Waals surface area contributed by atoms with Crippen molar-refractivity contribution in [2.45, 2.75) is 19.4 Å². The number of hydrogen-bond acceptors (Lipinski definition) is 4. The Labute approximate surface area is 214 Å². The summed E-state index contributed by atoms with van der Waals surface area (Å²) in [6, 6.07) is 24.5. The van der Waals surface area contributed by atoms with Crippen LogP contribution in [0.15, 0.2) is 83.7 Å². The minimum absolute atomic E-state index is 0.102. The molecule has 2 heterocycles. The van der Waals surface area contributed by atoms with E-state index in [0.717, 1.165) is 27.6 Å². The lowest BCUT2D eigenvalue weighted by Crippen LogP contribution is -2.40. The van der Waals surface area contributed by atoms with E-state index < -0.39 is 5.97 Å². The Bertz CT molecular complexity index is 1500. The number of aliphatic carboxylic acids is 1. The SMILES string of the molecule is COc1ccc2c(-c3ccccc3)cc(=O)n(Cc3ccc(C(=O)N4CCC(C(=O)O)CC4)cc3)c2c1. The summed E-state index contributed by atoms with van der Waals surface area (Å²) in [5.41, 5.74) is 3.92. The number of pyridine rings is 1. The summed E-state index contributed by atoms with van der Waals surface area (Å²) >= 11 is 0. The molecule has 0 saturated carbocycles. The van der Waals surface area contributed by atoms with E-state index >= 15 is 0 Å². The van der Waals surface area contributed by atoms with Crippen LogP contribution in [0.1, 0.15) is 28.8 Å². The van der Waals surface area contributed by atoms with Gasteiger partial charge in [0.2, 0.25) is 0 Å². The Morgan fingerprint density at radius 2 is 1.65 bits per heavy atom. The van der Waals surface area contributed by atoms with Gasteiger partial charge < -0.3 is 19.3 Å². The number of carboxylic acids is 1. The molecule has 1 N–H and O–H groups in total. The van der Waals surface area contributed by atoms with Gasteiger partial charge >= 0.3 is 5.97 Å². The molecule has 0 unspecified atom stereocenters. The Balaban J connectivity index is 1.43. The molecule has 1 aliphatic heterocycles. The monoisotopic (exact) mass is 496 g/mol. The molecule has 5 rings (SSSR count). The van der Waals surface area contributed by atoms with Gasteiger partial charge in [0.15, 0.2) is 0 Å². The number of methoxy groups -OCH3 is 1. The van der Waals surface area contributed by atoms with Gasteiger partial charge in [0.25, 0.3) is 11.5 Å². The van der Waals surface area contributed by atoms with Gasteiger partial charge in [-0.2, -0.15) is 0 Å². The zero-order chi connectivity index (χ0) is 25.9. The van der Waals surface area contributed by atoms with Crippen molar-refractivity contribution in [1.82, 2.24) is 9.47 Å². The fourth-order valence-electron chi connectivity index (χ4n) is 4.95. The van der Waals surface area contributed by atoms with Crippen molar-refractivity contribution in [1.29, 1.82) is 0 Å². The first-order valence-corrected chi connectivity index (χ1v) is 12.3. The summed E-state index contributed by atoms with van der Waals surface area (Å²) in [7, 11) is 1.60. The normalized spacial score (nSPS) is 14.0. The number of piperidine rings is 1. The first-order valence-electron chi connectivity index (χ1n) is 12.3. The molecule has 0 radical (unpaired) electrons. The molecule has 0 aliphatic carbocycles. The lowest BCUT2D eigenvalue weighted by Gasteiger charge is -2.30. The average molecular weight is 497 g/mol. The quantitative estimate of drug-likeness (QED) is 0.419. The van der Waals surface area contributed by atoms with E-state index in [2.05, 4.69) is 0 Å². The van der Waals surface area contributed by atoms with Crippen LogP contribution in [-0.2, 0) is 11.3 Å². The van der Waals surface area contributed by atoms with Gasteiger partial charge in [-0.15, -0.1) is 0 Å². The maximum absolute atomic E-state index is 13.3. The van der Waals surface area contributed by atoms with Crippen molar-refractivity contribution in [2.75, 3.05) is 20.2 Å². The highest BCUT2D eigenvalue weighted by Gasteiger charge is 2.27. The van der Waals surface area contributed by atoms with Crippen molar-refractivity contribution in [3.05, 3.63) is 100 Å². The molecule has 0 atom stereocenters. The number of carbonyl (C=O) groups excluding carboxylic acids is 1. The number of hydrogen-bond donors (Lipinski definition) is 1. The number of carboxylic acid groups (broad SMARTS) is 1. The summed E-state index contributed by atoms with van der Waals surface area (Å²) in [6.07, 6.45) is 0.940. The number of nitrogens with zero attached hydrogens (tertiary/aromatic N) is 2. The van der Waals surface area contributed by atoms with Crippen LogP contribution in [0.3, 0.4) is 0 Å². The topological polar surface area (TPSA) is 88.8 Å². The molecule has 1 aromatic heterocycles. The van der Waals surface area contributed by atoms with Crippen molar-refractivity contribution >= 4 is 22.8 Å². The number of likely N-dealkylation sites (tertiary alicyclic amines) is 1. The van der Waals surface area contributed by atoms with Crippen LogP contribution in [0.5, 0.6) is 5.75 Å². The zero-order valence-electron chi connectivity index (χ0n) is 20.6. The summed E-state index contributed by atoms with van der Waals surface area (Å²) in [6.45, 7) is 1.22. The third kappa shape index (κ3) is 4.98. The Morgan fingerprint density at radius 3 is 2.30 bits per heavy atom. The third-order valence-electron chi connectivity index (χ3n) is 7.08. The second-order valence-corrected chi connectivity index (χ2v) is 9.33. The van der Waals surface area contributed by atoms with Crippen LogP contribution in [0.2, 0.25) is 0 Å². The van der Waals surface area contributed by atoms with Gasteiger partial charge in [-0.25, -0.2) is 0 Å². The van der Waals surface area contributed by atoms with E-state index in [1.165, 1.54) is 0 Å². The van der Waals surface area contributed by atoms with Crippen LogP contribution in [0.25, 0.3) is 22.0 Å². The minimum atomic E-state index is -0.798. The molecular formula is C30H28N2O5. The third-order valence-corrected chi connectivity index (χ3v) is 7.08. The zero-order valence-corrected chi connectivity index (χ0v) is 20.6. The molecule has 0 bridgehead atoms. The molecule has 188 valence electrons. The number of aromatic nitrogens is 1. The van der Waals surface area contributed by atoms with Crippen LogP contribution in [-0.4, -0.2) is 46.6 Å². The molecule has 7 heteroatoms. The largest absolute Gasteiger partial charge is 0.497 e. The van der Waals surface area contributed by atoms with E-state index in [4.69, 9.17) is 4.74 Å². The molecule has 1 saturated heterocycles. The summed E-state index contributed by atoms with van der Waals surface area (Å²) in [4.78, 5) is 39.1. The average Bonchev–Trinajstić information content (AvgIpc) is 2.94. The van der Waals surface area contributed by atoms with Crippen molar-refractivity contribution in [2.24, 2.45) is 5.92 Å². The molecule has 1 fully saturated rings. The van der Waals surface area contributed by atoms with E-state index in [1.807, 2.05) is 60.7 Å². The van der Waals surface area contributed by atoms with Crippen LogP contribution < -0.4 is 10.3 Å². The van der Waals surface area contributed by atoms with E-state index in [0.29, 0.717) is 43.8 Å².